The van der Waals surface area contributed by atoms with Gasteiger partial charge in [0.2, 0.25) is 10.0 Å². The van der Waals surface area contributed by atoms with Crippen LogP contribution < -0.4 is 4.74 Å². The molecule has 0 spiro atoms. The second-order valence-electron chi connectivity index (χ2n) is 6.93. The van der Waals surface area contributed by atoms with Crippen LogP contribution in [-0.2, 0) is 24.7 Å². The molecule has 0 saturated carbocycles. The van der Waals surface area contributed by atoms with Gasteiger partial charge in [-0.3, -0.25) is 4.79 Å². The topological polar surface area (TPSA) is 125 Å². The van der Waals surface area contributed by atoms with E-state index in [-0.39, 0.29) is 54.0 Å². The fraction of sp³-hybridized carbons (Fsp3) is 0.300. The van der Waals surface area contributed by atoms with Crippen molar-refractivity contribution >= 4 is 25.8 Å². The first-order chi connectivity index (χ1) is 14.6. The highest BCUT2D eigenvalue weighted by molar-refractivity contribution is 7.90. The van der Waals surface area contributed by atoms with E-state index in [9.17, 15) is 26.9 Å². The van der Waals surface area contributed by atoms with E-state index in [2.05, 4.69) is 0 Å². The number of sulfone groups is 1. The molecule has 1 saturated heterocycles. The lowest BCUT2D eigenvalue weighted by atomic mass is 10.2. The Morgan fingerprint density at radius 3 is 2.19 bits per heavy atom. The van der Waals surface area contributed by atoms with Gasteiger partial charge in [-0.15, -0.1) is 0 Å². The number of piperazine rings is 1. The third kappa shape index (κ3) is 5.22. The van der Waals surface area contributed by atoms with Gasteiger partial charge in [0.25, 0.3) is 5.91 Å². The van der Waals surface area contributed by atoms with Crippen LogP contribution in [0.1, 0.15) is 5.56 Å². The Hall–Kier alpha value is -2.94. The third-order valence-electron chi connectivity index (χ3n) is 4.83. The molecule has 1 amide bonds. The van der Waals surface area contributed by atoms with E-state index in [1.54, 1.807) is 12.1 Å². The summed E-state index contributed by atoms with van der Waals surface area (Å²) in [5, 5.41) is 9.17. The molecule has 0 atom stereocenters. The third-order valence-corrected chi connectivity index (χ3v) is 7.92. The number of amides is 1. The highest BCUT2D eigenvalue weighted by Gasteiger charge is 2.31. The number of hydrogen-bond acceptors (Lipinski definition) is 7. The van der Waals surface area contributed by atoms with Gasteiger partial charge in [0, 0.05) is 32.4 Å². The summed E-state index contributed by atoms with van der Waals surface area (Å²) in [6.45, 7) is 0.363. The zero-order valence-corrected chi connectivity index (χ0v) is 18.4. The van der Waals surface area contributed by atoms with Gasteiger partial charge < -0.3 is 9.64 Å². The first-order valence-electron chi connectivity index (χ1n) is 9.33. The van der Waals surface area contributed by atoms with Gasteiger partial charge in [-0.2, -0.15) is 9.57 Å². The molecule has 2 aromatic carbocycles. The second-order valence-corrected chi connectivity index (χ2v) is 10.8. The van der Waals surface area contributed by atoms with E-state index in [0.717, 1.165) is 6.26 Å². The van der Waals surface area contributed by atoms with Crippen molar-refractivity contribution in [1.82, 2.24) is 9.21 Å². The molecule has 0 aliphatic carbocycles. The molecule has 1 aliphatic rings. The summed E-state index contributed by atoms with van der Waals surface area (Å²) in [5.74, 6) is 0.0525. The molecule has 0 unspecified atom stereocenters. The number of benzene rings is 2. The van der Waals surface area contributed by atoms with Crippen LogP contribution in [0.25, 0.3) is 0 Å². The van der Waals surface area contributed by atoms with E-state index >= 15 is 0 Å². The minimum Gasteiger partial charge on any atom is -0.484 e. The number of ether oxygens (including phenoxy) is 1. The van der Waals surface area contributed by atoms with Crippen LogP contribution in [0.4, 0.5) is 0 Å². The molecule has 11 heteroatoms. The maximum absolute atomic E-state index is 12.9. The molecule has 9 nitrogen and oxygen atoms in total. The summed E-state index contributed by atoms with van der Waals surface area (Å²) in [6, 6.07) is 13.6. The first kappa shape index (κ1) is 22.7. The summed E-state index contributed by atoms with van der Waals surface area (Å²) < 4.78 is 55.4. The van der Waals surface area contributed by atoms with Gasteiger partial charge in [0.15, 0.2) is 16.4 Å². The van der Waals surface area contributed by atoms with Crippen LogP contribution >= 0.6 is 0 Å². The molecule has 1 heterocycles. The molecule has 0 radical (unpaired) electrons. The van der Waals surface area contributed by atoms with Crippen LogP contribution in [0.2, 0.25) is 0 Å². The Morgan fingerprint density at radius 2 is 1.61 bits per heavy atom. The molecule has 0 aromatic heterocycles. The molecule has 31 heavy (non-hydrogen) atoms. The predicted molar refractivity (Wildman–Crippen MR) is 112 cm³/mol. The average Bonchev–Trinajstić information content (AvgIpc) is 2.77. The van der Waals surface area contributed by atoms with Gasteiger partial charge >= 0.3 is 0 Å². The fourth-order valence-electron chi connectivity index (χ4n) is 3.12. The molecule has 2 aromatic rings. The Bertz CT molecular complexity index is 1210. The molecule has 1 aliphatic heterocycles. The molecule has 3 rings (SSSR count). The van der Waals surface area contributed by atoms with Crippen LogP contribution in [0.15, 0.2) is 58.3 Å². The maximum atomic E-state index is 12.9. The predicted octanol–water partition coefficient (Wildman–Crippen LogP) is 0.874. The monoisotopic (exact) mass is 463 g/mol. The van der Waals surface area contributed by atoms with Crippen molar-refractivity contribution in [2.75, 3.05) is 39.0 Å². The lowest BCUT2D eigenvalue weighted by Crippen LogP contribution is -2.51. The lowest BCUT2D eigenvalue weighted by molar-refractivity contribution is -0.134. The van der Waals surface area contributed by atoms with E-state index < -0.39 is 19.9 Å². The summed E-state index contributed by atoms with van der Waals surface area (Å²) in [7, 11) is -7.15. The Kier molecular flexibility index (Phi) is 6.64. The number of carbonyl (C=O) groups is 1. The summed E-state index contributed by atoms with van der Waals surface area (Å²) in [6.07, 6.45) is 1.10. The highest BCUT2D eigenvalue weighted by Crippen LogP contribution is 2.21. The van der Waals surface area contributed by atoms with Crippen molar-refractivity contribution in [2.45, 2.75) is 9.79 Å². The van der Waals surface area contributed by atoms with Crippen LogP contribution in [-0.4, -0.2) is 71.0 Å². The Morgan fingerprint density at radius 1 is 1.00 bits per heavy atom. The first-order valence-corrected chi connectivity index (χ1v) is 12.7. The molecular weight excluding hydrogens is 442 g/mol. The SMILES string of the molecule is CS(=O)(=O)c1ccc(OCC(=O)N2CCN(S(=O)(=O)c3ccccc3C#N)CC2)cc1. The van der Waals surface area contributed by atoms with Crippen LogP contribution in [0.5, 0.6) is 5.75 Å². The normalized spacial score (nSPS) is 15.3. The standard InChI is InChI=1S/C20H21N3O6S2/c1-30(25,26)18-8-6-17(7-9-18)29-15-20(24)22-10-12-23(13-11-22)31(27,28)19-5-3-2-4-16(19)14-21/h2-9H,10-13,15H2,1H3. The van der Waals surface area contributed by atoms with Crippen LogP contribution in [0.3, 0.4) is 0 Å². The van der Waals surface area contributed by atoms with Crippen molar-refractivity contribution in [3.63, 3.8) is 0 Å². The number of nitrogens with zero attached hydrogens (tertiary/aromatic N) is 3. The zero-order valence-electron chi connectivity index (χ0n) is 16.8. The van der Waals surface area contributed by atoms with Crippen molar-refractivity contribution < 1.29 is 26.4 Å². The summed E-state index contributed by atoms with van der Waals surface area (Å²) in [5.41, 5.74) is 0.0799. The zero-order chi connectivity index (χ0) is 22.6. The summed E-state index contributed by atoms with van der Waals surface area (Å²) in [4.78, 5) is 14.0. The van der Waals surface area contributed by atoms with Gasteiger partial charge in [0.1, 0.15) is 11.8 Å². The minimum atomic E-state index is -3.83. The second kappa shape index (κ2) is 9.05. The van der Waals surface area contributed by atoms with E-state index in [0.29, 0.717) is 5.75 Å². The largest absolute Gasteiger partial charge is 0.484 e. The number of hydrogen-bond donors (Lipinski definition) is 0. The van der Waals surface area contributed by atoms with Gasteiger partial charge in [-0.05, 0) is 36.4 Å². The molecule has 0 bridgehead atoms. The number of rotatable bonds is 6. The van der Waals surface area contributed by atoms with Gasteiger partial charge in [-0.25, -0.2) is 16.8 Å². The van der Waals surface area contributed by atoms with Gasteiger partial charge in [0.05, 0.1) is 15.4 Å². The highest BCUT2D eigenvalue weighted by atomic mass is 32.2. The molecular formula is C20H21N3O6S2. The molecule has 1 fully saturated rings. The van der Waals surface area contributed by atoms with Gasteiger partial charge in [-0.1, -0.05) is 12.1 Å². The van der Waals surface area contributed by atoms with Crippen molar-refractivity contribution in [1.29, 1.82) is 5.26 Å². The smallest absolute Gasteiger partial charge is 0.260 e. The molecule has 0 N–H and O–H groups in total. The Labute approximate surface area is 181 Å². The fourth-order valence-corrected chi connectivity index (χ4v) is 5.32. The number of carbonyl (C=O) groups excluding carboxylic acids is 1. The number of nitriles is 1. The number of sulfonamides is 1. The average molecular weight is 464 g/mol. The Balaban J connectivity index is 1.57. The van der Waals surface area contributed by atoms with Crippen molar-refractivity contribution in [2.24, 2.45) is 0 Å². The van der Waals surface area contributed by atoms with E-state index in [4.69, 9.17) is 4.74 Å². The van der Waals surface area contributed by atoms with Crippen LogP contribution in [0, 0.1) is 11.3 Å². The quantitative estimate of drug-likeness (QED) is 0.622. The molecule has 164 valence electrons. The minimum absolute atomic E-state index is 0.0434. The summed E-state index contributed by atoms with van der Waals surface area (Å²) >= 11 is 0. The van der Waals surface area contributed by atoms with Crippen molar-refractivity contribution in [3.8, 4) is 11.8 Å². The maximum Gasteiger partial charge on any atom is 0.260 e. The lowest BCUT2D eigenvalue weighted by Gasteiger charge is -2.34. The van der Waals surface area contributed by atoms with Crippen molar-refractivity contribution in [3.05, 3.63) is 54.1 Å². The van der Waals surface area contributed by atoms with E-state index in [1.165, 1.54) is 45.6 Å². The van der Waals surface area contributed by atoms with E-state index in [1.807, 2.05) is 6.07 Å².